The highest BCUT2D eigenvalue weighted by Gasteiger charge is 2.11. The van der Waals surface area contributed by atoms with Crippen LogP contribution in [-0.2, 0) is 20.8 Å². The summed E-state index contributed by atoms with van der Waals surface area (Å²) in [6, 6.07) is 4.67. The summed E-state index contributed by atoms with van der Waals surface area (Å²) in [6.45, 7) is 2.60. The molecule has 0 heterocycles. The Morgan fingerprint density at radius 2 is 1.95 bits per heavy atom. The Morgan fingerprint density at radius 3 is 2.65 bits per heavy atom. The second kappa shape index (κ2) is 9.24. The summed E-state index contributed by atoms with van der Waals surface area (Å²) in [4.78, 5) is 10.2. The number of hydrogen-bond donors (Lipinski definition) is 1. The summed E-state index contributed by atoms with van der Waals surface area (Å²) < 4.78 is 15.6. The van der Waals surface area contributed by atoms with Gasteiger partial charge in [0, 0.05) is 26.4 Å². The standard InChI is InChI=1S/C13H20N2O5/c1-18-7-8-19-5-2-6-20-10-11-3-4-12(14)13(9-11)15(16)17/h3-4,9H,2,5-8,10,14H2,1H3. The second-order valence-electron chi connectivity index (χ2n) is 4.16. The van der Waals surface area contributed by atoms with Crippen molar-refractivity contribution >= 4 is 11.4 Å². The molecule has 1 aromatic carbocycles. The highest BCUT2D eigenvalue weighted by atomic mass is 16.6. The van der Waals surface area contributed by atoms with E-state index in [1.165, 1.54) is 12.1 Å². The molecule has 0 fully saturated rings. The topological polar surface area (TPSA) is 96.8 Å². The zero-order valence-corrected chi connectivity index (χ0v) is 11.5. The van der Waals surface area contributed by atoms with E-state index < -0.39 is 4.92 Å². The Labute approximate surface area is 117 Å². The predicted octanol–water partition coefficient (Wildman–Crippen LogP) is 1.75. The molecule has 7 heteroatoms. The molecule has 0 aromatic heterocycles. The molecule has 1 rings (SSSR count). The van der Waals surface area contributed by atoms with Crippen LogP contribution >= 0.6 is 0 Å². The molecule has 0 saturated carbocycles. The number of rotatable bonds is 10. The third kappa shape index (κ3) is 5.96. The first-order valence-electron chi connectivity index (χ1n) is 6.32. The molecular weight excluding hydrogens is 264 g/mol. The summed E-state index contributed by atoms with van der Waals surface area (Å²) in [5.74, 6) is 0. The minimum atomic E-state index is -0.498. The zero-order valence-electron chi connectivity index (χ0n) is 11.5. The van der Waals surface area contributed by atoms with Crippen LogP contribution in [0.4, 0.5) is 11.4 Å². The molecule has 0 spiro atoms. The second-order valence-corrected chi connectivity index (χ2v) is 4.16. The van der Waals surface area contributed by atoms with Gasteiger partial charge in [0.1, 0.15) is 5.69 Å². The van der Waals surface area contributed by atoms with Crippen LogP contribution in [0.3, 0.4) is 0 Å². The average Bonchev–Trinajstić information content (AvgIpc) is 2.43. The van der Waals surface area contributed by atoms with E-state index in [1.54, 1.807) is 13.2 Å². The number of ether oxygens (including phenoxy) is 3. The molecule has 0 unspecified atom stereocenters. The quantitative estimate of drug-likeness (QED) is 0.304. The van der Waals surface area contributed by atoms with E-state index in [0.717, 1.165) is 12.0 Å². The van der Waals surface area contributed by atoms with E-state index in [2.05, 4.69) is 0 Å². The van der Waals surface area contributed by atoms with Gasteiger partial charge < -0.3 is 19.9 Å². The van der Waals surface area contributed by atoms with E-state index in [9.17, 15) is 10.1 Å². The van der Waals surface area contributed by atoms with E-state index >= 15 is 0 Å². The fourth-order valence-corrected chi connectivity index (χ4v) is 1.53. The fourth-order valence-electron chi connectivity index (χ4n) is 1.53. The molecule has 7 nitrogen and oxygen atoms in total. The Hall–Kier alpha value is -1.70. The zero-order chi connectivity index (χ0) is 14.8. The van der Waals surface area contributed by atoms with Crippen LogP contribution in [-0.4, -0.2) is 38.5 Å². The molecule has 2 N–H and O–H groups in total. The third-order valence-electron chi connectivity index (χ3n) is 2.57. The maximum atomic E-state index is 10.7. The van der Waals surface area contributed by atoms with Gasteiger partial charge in [-0.2, -0.15) is 0 Å². The van der Waals surface area contributed by atoms with Crippen molar-refractivity contribution in [1.82, 2.24) is 0 Å². The number of nitro benzene ring substituents is 1. The molecule has 0 atom stereocenters. The number of hydrogen-bond acceptors (Lipinski definition) is 6. The Kier molecular flexibility index (Phi) is 7.56. The number of nitrogen functional groups attached to an aromatic ring is 1. The van der Waals surface area contributed by atoms with Gasteiger partial charge in [0.2, 0.25) is 0 Å². The minimum Gasteiger partial charge on any atom is -0.393 e. The van der Waals surface area contributed by atoms with Gasteiger partial charge in [0.15, 0.2) is 0 Å². The van der Waals surface area contributed by atoms with Crippen molar-refractivity contribution in [3.8, 4) is 0 Å². The molecule has 0 aliphatic heterocycles. The van der Waals surface area contributed by atoms with Crippen LogP contribution in [0.25, 0.3) is 0 Å². The van der Waals surface area contributed by atoms with E-state index in [-0.39, 0.29) is 11.4 Å². The van der Waals surface area contributed by atoms with Crippen molar-refractivity contribution in [3.05, 3.63) is 33.9 Å². The molecule has 1 aromatic rings. The monoisotopic (exact) mass is 284 g/mol. The number of nitrogens with two attached hydrogens (primary N) is 1. The summed E-state index contributed by atoms with van der Waals surface area (Å²) in [5, 5.41) is 10.7. The minimum absolute atomic E-state index is 0.0889. The highest BCUT2D eigenvalue weighted by molar-refractivity contribution is 5.59. The molecule has 0 aliphatic carbocycles. The van der Waals surface area contributed by atoms with Crippen LogP contribution in [0.5, 0.6) is 0 Å². The van der Waals surface area contributed by atoms with Crippen molar-refractivity contribution in [2.24, 2.45) is 0 Å². The maximum Gasteiger partial charge on any atom is 0.292 e. The molecule has 20 heavy (non-hydrogen) atoms. The van der Waals surface area contributed by atoms with Gasteiger partial charge >= 0.3 is 0 Å². The lowest BCUT2D eigenvalue weighted by molar-refractivity contribution is -0.384. The Morgan fingerprint density at radius 1 is 1.20 bits per heavy atom. The lowest BCUT2D eigenvalue weighted by Crippen LogP contribution is -2.05. The van der Waals surface area contributed by atoms with Crippen molar-refractivity contribution in [1.29, 1.82) is 0 Å². The normalized spacial score (nSPS) is 10.7. The van der Waals surface area contributed by atoms with Gasteiger partial charge in [-0.05, 0) is 18.1 Å². The van der Waals surface area contributed by atoms with Crippen LogP contribution in [0.2, 0.25) is 0 Å². The Balaban J connectivity index is 2.22. The first kappa shape index (κ1) is 16.4. The summed E-state index contributed by atoms with van der Waals surface area (Å²) >= 11 is 0. The lowest BCUT2D eigenvalue weighted by Gasteiger charge is -2.06. The van der Waals surface area contributed by atoms with Gasteiger partial charge in [-0.15, -0.1) is 0 Å². The van der Waals surface area contributed by atoms with Gasteiger partial charge in [-0.3, -0.25) is 10.1 Å². The van der Waals surface area contributed by atoms with Crippen molar-refractivity contribution in [2.45, 2.75) is 13.0 Å². The summed E-state index contributed by atoms with van der Waals surface area (Å²) in [6.07, 6.45) is 0.765. The number of nitro groups is 1. The van der Waals surface area contributed by atoms with E-state index in [0.29, 0.717) is 33.0 Å². The molecule has 0 aliphatic rings. The van der Waals surface area contributed by atoms with Crippen LogP contribution in [0.15, 0.2) is 18.2 Å². The maximum absolute atomic E-state index is 10.7. The van der Waals surface area contributed by atoms with E-state index in [4.69, 9.17) is 19.9 Å². The first-order valence-corrected chi connectivity index (χ1v) is 6.32. The molecular formula is C13H20N2O5. The number of methoxy groups -OCH3 is 1. The SMILES string of the molecule is COCCOCCCOCc1ccc(N)c([N+](=O)[O-])c1. The largest absolute Gasteiger partial charge is 0.393 e. The molecule has 0 saturated heterocycles. The van der Waals surface area contributed by atoms with Crippen molar-refractivity contribution in [2.75, 3.05) is 39.3 Å². The van der Waals surface area contributed by atoms with Gasteiger partial charge in [-0.25, -0.2) is 0 Å². The lowest BCUT2D eigenvalue weighted by atomic mass is 10.2. The summed E-state index contributed by atoms with van der Waals surface area (Å²) in [7, 11) is 1.62. The molecule has 0 radical (unpaired) electrons. The van der Waals surface area contributed by atoms with E-state index in [1.807, 2.05) is 0 Å². The Bertz CT molecular complexity index is 425. The molecule has 112 valence electrons. The molecule has 0 amide bonds. The van der Waals surface area contributed by atoms with Crippen molar-refractivity contribution < 1.29 is 19.1 Å². The van der Waals surface area contributed by atoms with Crippen LogP contribution < -0.4 is 5.73 Å². The summed E-state index contributed by atoms with van der Waals surface area (Å²) in [5.41, 5.74) is 6.31. The van der Waals surface area contributed by atoms with Gasteiger partial charge in [0.25, 0.3) is 5.69 Å². The predicted molar refractivity (Wildman–Crippen MR) is 74.5 cm³/mol. The number of nitrogens with zero attached hydrogens (tertiary/aromatic N) is 1. The van der Waals surface area contributed by atoms with Crippen LogP contribution in [0.1, 0.15) is 12.0 Å². The van der Waals surface area contributed by atoms with Crippen LogP contribution in [0, 0.1) is 10.1 Å². The number of benzene rings is 1. The first-order chi connectivity index (χ1) is 9.65. The third-order valence-corrected chi connectivity index (χ3v) is 2.57. The van der Waals surface area contributed by atoms with Gasteiger partial charge in [0.05, 0.1) is 24.7 Å². The smallest absolute Gasteiger partial charge is 0.292 e. The molecule has 0 bridgehead atoms. The van der Waals surface area contributed by atoms with Gasteiger partial charge in [-0.1, -0.05) is 6.07 Å². The average molecular weight is 284 g/mol. The highest BCUT2D eigenvalue weighted by Crippen LogP contribution is 2.22. The number of anilines is 1. The van der Waals surface area contributed by atoms with Crippen molar-refractivity contribution in [3.63, 3.8) is 0 Å². The fraction of sp³-hybridized carbons (Fsp3) is 0.538.